The number of hydrogen-bond acceptors (Lipinski definition) is 2. The molecular formula is C9H17N3O. The average Bonchev–Trinajstić information content (AvgIpc) is 2.29. The summed E-state index contributed by atoms with van der Waals surface area (Å²) in [6, 6.07) is 0. The Hall–Kier alpha value is -1.19. The molecular weight excluding hydrogens is 166 g/mol. The molecule has 0 spiro atoms. The highest BCUT2D eigenvalue weighted by Gasteiger charge is 2.16. The second-order valence-electron chi connectivity index (χ2n) is 3.50. The van der Waals surface area contributed by atoms with Crippen molar-refractivity contribution >= 4 is 5.69 Å². The first-order chi connectivity index (χ1) is 6.00. The van der Waals surface area contributed by atoms with Gasteiger partial charge in [-0.3, -0.25) is 14.2 Å². The zero-order valence-corrected chi connectivity index (χ0v) is 8.66. The smallest absolute Gasteiger partial charge is 0.289 e. The molecule has 0 fully saturated rings. The Morgan fingerprint density at radius 3 is 2.31 bits per heavy atom. The molecule has 74 valence electrons. The van der Waals surface area contributed by atoms with Crippen LogP contribution in [0.3, 0.4) is 0 Å². The third kappa shape index (κ3) is 1.36. The Morgan fingerprint density at radius 1 is 1.46 bits per heavy atom. The van der Waals surface area contributed by atoms with Gasteiger partial charge in [0.2, 0.25) is 0 Å². The highest BCUT2D eigenvalue weighted by Crippen LogP contribution is 2.18. The summed E-state index contributed by atoms with van der Waals surface area (Å²) in [5.74, 6) is 0.286. The van der Waals surface area contributed by atoms with Crippen molar-refractivity contribution in [2.75, 3.05) is 5.73 Å². The summed E-state index contributed by atoms with van der Waals surface area (Å²) in [4.78, 5) is 11.5. The Kier molecular flexibility index (Phi) is 2.50. The van der Waals surface area contributed by atoms with Gasteiger partial charge in [0.25, 0.3) is 5.56 Å². The van der Waals surface area contributed by atoms with Crippen molar-refractivity contribution in [3.63, 3.8) is 0 Å². The quantitative estimate of drug-likeness (QED) is 0.741. The molecule has 1 rings (SSSR count). The van der Waals surface area contributed by atoms with E-state index in [4.69, 9.17) is 5.73 Å². The van der Waals surface area contributed by atoms with Crippen molar-refractivity contribution in [2.24, 2.45) is 7.05 Å². The van der Waals surface area contributed by atoms with Crippen LogP contribution in [0.15, 0.2) is 4.79 Å². The number of hydrogen-bond donors (Lipinski definition) is 1. The van der Waals surface area contributed by atoms with Crippen molar-refractivity contribution in [3.8, 4) is 0 Å². The fourth-order valence-electron chi connectivity index (χ4n) is 1.69. The summed E-state index contributed by atoms with van der Waals surface area (Å²) in [6.07, 6.45) is 0. The first-order valence-corrected chi connectivity index (χ1v) is 4.55. The van der Waals surface area contributed by atoms with Crippen LogP contribution in [0.1, 0.15) is 32.4 Å². The predicted molar refractivity (Wildman–Crippen MR) is 53.8 cm³/mol. The van der Waals surface area contributed by atoms with E-state index in [1.54, 1.807) is 11.7 Å². The molecule has 0 unspecified atom stereocenters. The average molecular weight is 183 g/mol. The van der Waals surface area contributed by atoms with Gasteiger partial charge in [0.15, 0.2) is 0 Å². The van der Waals surface area contributed by atoms with Gasteiger partial charge < -0.3 is 5.73 Å². The van der Waals surface area contributed by atoms with Crippen LogP contribution in [-0.2, 0) is 13.6 Å². The summed E-state index contributed by atoms with van der Waals surface area (Å²) in [7, 11) is 1.74. The maximum Gasteiger partial charge on any atom is 0.289 e. The van der Waals surface area contributed by atoms with Gasteiger partial charge >= 0.3 is 0 Å². The topological polar surface area (TPSA) is 52.9 Å². The van der Waals surface area contributed by atoms with Gasteiger partial charge in [-0.25, -0.2) is 0 Å². The van der Waals surface area contributed by atoms with Crippen molar-refractivity contribution < 1.29 is 0 Å². The lowest BCUT2D eigenvalue weighted by molar-refractivity contribution is 0.492. The van der Waals surface area contributed by atoms with Crippen LogP contribution in [0.25, 0.3) is 0 Å². The Labute approximate surface area is 77.9 Å². The molecule has 0 bridgehead atoms. The number of aromatic nitrogens is 2. The molecule has 1 aromatic rings. The predicted octanol–water partition coefficient (Wildman–Crippen LogP) is 0.912. The summed E-state index contributed by atoms with van der Waals surface area (Å²) in [5.41, 5.74) is 6.96. The maximum absolute atomic E-state index is 11.5. The minimum atomic E-state index is -0.0921. The summed E-state index contributed by atoms with van der Waals surface area (Å²) in [5, 5.41) is 0. The maximum atomic E-state index is 11.5. The van der Waals surface area contributed by atoms with Crippen molar-refractivity contribution in [1.82, 2.24) is 9.36 Å². The van der Waals surface area contributed by atoms with Gasteiger partial charge in [0.05, 0.1) is 5.69 Å². The minimum Gasteiger partial charge on any atom is -0.393 e. The van der Waals surface area contributed by atoms with E-state index in [1.165, 1.54) is 0 Å². The van der Waals surface area contributed by atoms with E-state index >= 15 is 0 Å². The van der Waals surface area contributed by atoms with E-state index in [1.807, 2.05) is 25.5 Å². The molecule has 0 amide bonds. The molecule has 4 nitrogen and oxygen atoms in total. The standard InChI is InChI=1S/C9H17N3O/c1-5-12-8(6(2)3)7(10)9(13)11(12)4/h6H,5,10H2,1-4H3. The van der Waals surface area contributed by atoms with Crippen LogP contribution >= 0.6 is 0 Å². The highest BCUT2D eigenvalue weighted by molar-refractivity contribution is 5.43. The van der Waals surface area contributed by atoms with Crippen molar-refractivity contribution in [2.45, 2.75) is 33.2 Å². The number of anilines is 1. The second kappa shape index (κ2) is 3.28. The molecule has 13 heavy (non-hydrogen) atoms. The zero-order valence-electron chi connectivity index (χ0n) is 8.66. The Bertz CT molecular complexity index is 360. The molecule has 0 aliphatic carbocycles. The van der Waals surface area contributed by atoms with E-state index in [2.05, 4.69) is 0 Å². The van der Waals surface area contributed by atoms with E-state index in [-0.39, 0.29) is 11.5 Å². The molecule has 0 atom stereocenters. The van der Waals surface area contributed by atoms with Crippen LogP contribution in [-0.4, -0.2) is 9.36 Å². The Balaban J connectivity index is 3.48. The fraction of sp³-hybridized carbons (Fsp3) is 0.667. The first kappa shape index (κ1) is 9.89. The molecule has 0 aliphatic rings. The lowest BCUT2D eigenvalue weighted by Crippen LogP contribution is -2.20. The van der Waals surface area contributed by atoms with E-state index in [0.29, 0.717) is 5.69 Å². The molecule has 4 heteroatoms. The third-order valence-corrected chi connectivity index (χ3v) is 2.29. The van der Waals surface area contributed by atoms with Crippen LogP contribution in [0.4, 0.5) is 5.69 Å². The van der Waals surface area contributed by atoms with Crippen molar-refractivity contribution in [1.29, 1.82) is 0 Å². The molecule has 0 aliphatic heterocycles. The largest absolute Gasteiger partial charge is 0.393 e. The van der Waals surface area contributed by atoms with Gasteiger partial charge in [-0.15, -0.1) is 0 Å². The van der Waals surface area contributed by atoms with Gasteiger partial charge in [-0.05, 0) is 12.8 Å². The Morgan fingerprint density at radius 2 is 2.00 bits per heavy atom. The third-order valence-electron chi connectivity index (χ3n) is 2.29. The van der Waals surface area contributed by atoms with Crippen LogP contribution in [0.5, 0.6) is 0 Å². The van der Waals surface area contributed by atoms with Crippen LogP contribution in [0, 0.1) is 0 Å². The van der Waals surface area contributed by atoms with Gasteiger partial charge in [-0.1, -0.05) is 13.8 Å². The summed E-state index contributed by atoms with van der Waals surface area (Å²) >= 11 is 0. The molecule has 0 saturated heterocycles. The van der Waals surface area contributed by atoms with Gasteiger partial charge in [0.1, 0.15) is 5.69 Å². The molecule has 0 aromatic carbocycles. The van der Waals surface area contributed by atoms with E-state index < -0.39 is 0 Å². The second-order valence-corrected chi connectivity index (χ2v) is 3.50. The molecule has 2 N–H and O–H groups in total. The normalized spacial score (nSPS) is 11.2. The van der Waals surface area contributed by atoms with E-state index in [9.17, 15) is 4.79 Å². The SMILES string of the molecule is CCn1c(C(C)C)c(N)c(=O)n1C. The monoisotopic (exact) mass is 183 g/mol. The number of nitrogen functional groups attached to an aromatic ring is 1. The first-order valence-electron chi connectivity index (χ1n) is 4.55. The molecule has 0 saturated carbocycles. The highest BCUT2D eigenvalue weighted by atomic mass is 16.1. The molecule has 0 radical (unpaired) electrons. The number of nitrogens with two attached hydrogens (primary N) is 1. The summed E-state index contributed by atoms with van der Waals surface area (Å²) < 4.78 is 3.49. The zero-order chi connectivity index (χ0) is 10.2. The van der Waals surface area contributed by atoms with Gasteiger partial charge in [0, 0.05) is 13.6 Å². The fourth-order valence-corrected chi connectivity index (χ4v) is 1.69. The van der Waals surface area contributed by atoms with Gasteiger partial charge in [-0.2, -0.15) is 0 Å². The lowest BCUT2D eigenvalue weighted by Gasteiger charge is -2.11. The molecule has 1 aromatic heterocycles. The van der Waals surface area contributed by atoms with E-state index in [0.717, 1.165) is 12.2 Å². The minimum absolute atomic E-state index is 0.0921. The lowest BCUT2D eigenvalue weighted by atomic mass is 10.1. The van der Waals surface area contributed by atoms with Crippen molar-refractivity contribution in [3.05, 3.63) is 16.0 Å². The molecule has 1 heterocycles. The number of rotatable bonds is 2. The summed E-state index contributed by atoms with van der Waals surface area (Å²) in [6.45, 7) is 6.86. The van der Waals surface area contributed by atoms with Crippen LogP contribution in [0.2, 0.25) is 0 Å². The van der Waals surface area contributed by atoms with Crippen LogP contribution < -0.4 is 11.3 Å². The number of nitrogens with zero attached hydrogens (tertiary/aromatic N) is 2.